The molecule has 1 aliphatic carbocycles. The van der Waals surface area contributed by atoms with Crippen LogP contribution in [0.25, 0.3) is 0 Å². The van der Waals surface area contributed by atoms with Gasteiger partial charge in [-0.05, 0) is 59.4 Å². The van der Waals surface area contributed by atoms with Crippen LogP contribution in [0.15, 0.2) is 0 Å². The highest BCUT2D eigenvalue weighted by atomic mass is 16.5. The van der Waals surface area contributed by atoms with Crippen LogP contribution in [0.4, 0.5) is 0 Å². The van der Waals surface area contributed by atoms with Crippen LogP contribution in [0.1, 0.15) is 79.1 Å². The van der Waals surface area contributed by atoms with Crippen molar-refractivity contribution < 1.29 is 4.74 Å². The SMILES string of the molecule is CCCCCCOC1(CCNC(C)(C)C)CCC1. The number of hydrogen-bond acceptors (Lipinski definition) is 2. The molecule has 0 aromatic heterocycles. The molecular formula is C16H33NO. The van der Waals surface area contributed by atoms with Crippen molar-refractivity contribution in [2.45, 2.75) is 90.2 Å². The van der Waals surface area contributed by atoms with Crippen LogP contribution < -0.4 is 5.32 Å². The summed E-state index contributed by atoms with van der Waals surface area (Å²) in [6, 6.07) is 0. The Labute approximate surface area is 114 Å². The summed E-state index contributed by atoms with van der Waals surface area (Å²) in [5, 5.41) is 3.58. The topological polar surface area (TPSA) is 21.3 Å². The smallest absolute Gasteiger partial charge is 0.0694 e. The largest absolute Gasteiger partial charge is 0.375 e. The van der Waals surface area contributed by atoms with Gasteiger partial charge in [0.05, 0.1) is 5.60 Å². The van der Waals surface area contributed by atoms with Crippen LogP contribution in [0.3, 0.4) is 0 Å². The van der Waals surface area contributed by atoms with Crippen LogP contribution in [0.5, 0.6) is 0 Å². The highest BCUT2D eigenvalue weighted by Crippen LogP contribution is 2.38. The summed E-state index contributed by atoms with van der Waals surface area (Å²) in [6.45, 7) is 11.0. The van der Waals surface area contributed by atoms with Crippen molar-refractivity contribution in [2.24, 2.45) is 0 Å². The first kappa shape index (κ1) is 16.0. The molecular weight excluding hydrogens is 222 g/mol. The Morgan fingerprint density at radius 1 is 1.11 bits per heavy atom. The van der Waals surface area contributed by atoms with E-state index in [9.17, 15) is 0 Å². The van der Waals surface area contributed by atoms with Crippen LogP contribution in [-0.4, -0.2) is 24.3 Å². The van der Waals surface area contributed by atoms with E-state index in [1.54, 1.807) is 0 Å². The summed E-state index contributed by atoms with van der Waals surface area (Å²) in [6.07, 6.45) is 10.3. The molecule has 2 heteroatoms. The summed E-state index contributed by atoms with van der Waals surface area (Å²) in [7, 11) is 0. The zero-order chi connectivity index (χ0) is 13.5. The normalized spacial score (nSPS) is 18.7. The van der Waals surface area contributed by atoms with E-state index in [0.29, 0.717) is 0 Å². The molecule has 0 aromatic rings. The molecule has 1 rings (SSSR count). The zero-order valence-electron chi connectivity index (χ0n) is 13.0. The van der Waals surface area contributed by atoms with Gasteiger partial charge in [0.2, 0.25) is 0 Å². The maximum atomic E-state index is 6.19. The van der Waals surface area contributed by atoms with Gasteiger partial charge in [0.15, 0.2) is 0 Å². The third kappa shape index (κ3) is 6.19. The van der Waals surface area contributed by atoms with Gasteiger partial charge in [0, 0.05) is 12.1 Å². The molecule has 0 amide bonds. The van der Waals surface area contributed by atoms with Gasteiger partial charge in [-0.2, -0.15) is 0 Å². The minimum absolute atomic E-state index is 0.227. The molecule has 2 nitrogen and oxygen atoms in total. The summed E-state index contributed by atoms with van der Waals surface area (Å²) in [4.78, 5) is 0. The summed E-state index contributed by atoms with van der Waals surface area (Å²) in [5.41, 5.74) is 0.455. The molecule has 0 spiro atoms. The summed E-state index contributed by atoms with van der Waals surface area (Å²) < 4.78 is 6.19. The molecule has 0 bridgehead atoms. The second kappa shape index (κ2) is 7.49. The minimum atomic E-state index is 0.227. The van der Waals surface area contributed by atoms with Crippen molar-refractivity contribution in [3.05, 3.63) is 0 Å². The lowest BCUT2D eigenvalue weighted by molar-refractivity contribution is -0.106. The Hall–Kier alpha value is -0.0800. The van der Waals surface area contributed by atoms with E-state index < -0.39 is 0 Å². The predicted molar refractivity (Wildman–Crippen MR) is 79.0 cm³/mol. The summed E-state index contributed by atoms with van der Waals surface area (Å²) >= 11 is 0. The number of ether oxygens (including phenoxy) is 1. The average molecular weight is 255 g/mol. The van der Waals surface area contributed by atoms with E-state index in [1.807, 2.05) is 0 Å². The maximum Gasteiger partial charge on any atom is 0.0694 e. The van der Waals surface area contributed by atoms with Gasteiger partial charge >= 0.3 is 0 Å². The molecule has 18 heavy (non-hydrogen) atoms. The molecule has 0 saturated heterocycles. The molecule has 1 N–H and O–H groups in total. The second-order valence-electron chi connectivity index (χ2n) is 6.87. The van der Waals surface area contributed by atoms with Crippen molar-refractivity contribution in [3.63, 3.8) is 0 Å². The lowest BCUT2D eigenvalue weighted by atomic mass is 9.77. The van der Waals surface area contributed by atoms with E-state index in [0.717, 1.165) is 13.2 Å². The molecule has 0 heterocycles. The fourth-order valence-corrected chi connectivity index (χ4v) is 2.52. The first-order valence-electron chi connectivity index (χ1n) is 7.86. The van der Waals surface area contributed by atoms with E-state index in [2.05, 4.69) is 33.0 Å². The minimum Gasteiger partial charge on any atom is -0.375 e. The first-order chi connectivity index (χ1) is 8.47. The second-order valence-corrected chi connectivity index (χ2v) is 6.87. The zero-order valence-corrected chi connectivity index (χ0v) is 13.0. The first-order valence-corrected chi connectivity index (χ1v) is 7.86. The van der Waals surface area contributed by atoms with Crippen molar-refractivity contribution in [1.29, 1.82) is 0 Å². The summed E-state index contributed by atoms with van der Waals surface area (Å²) in [5.74, 6) is 0. The van der Waals surface area contributed by atoms with Crippen molar-refractivity contribution in [2.75, 3.05) is 13.2 Å². The molecule has 1 saturated carbocycles. The average Bonchev–Trinajstić information content (AvgIpc) is 2.22. The Bertz CT molecular complexity index is 216. The molecule has 0 radical (unpaired) electrons. The van der Waals surface area contributed by atoms with E-state index in [4.69, 9.17) is 4.74 Å². The molecule has 1 aliphatic rings. The highest BCUT2D eigenvalue weighted by Gasteiger charge is 2.37. The Morgan fingerprint density at radius 3 is 2.33 bits per heavy atom. The van der Waals surface area contributed by atoms with Gasteiger partial charge < -0.3 is 10.1 Å². The quantitative estimate of drug-likeness (QED) is 0.621. The molecule has 0 unspecified atom stereocenters. The monoisotopic (exact) mass is 255 g/mol. The van der Waals surface area contributed by atoms with Gasteiger partial charge in [0.1, 0.15) is 0 Å². The van der Waals surface area contributed by atoms with Crippen LogP contribution >= 0.6 is 0 Å². The number of unbranched alkanes of at least 4 members (excludes halogenated alkanes) is 3. The molecule has 108 valence electrons. The van der Waals surface area contributed by atoms with Gasteiger partial charge in [-0.25, -0.2) is 0 Å². The van der Waals surface area contributed by atoms with Crippen LogP contribution in [0.2, 0.25) is 0 Å². The molecule has 0 aliphatic heterocycles. The van der Waals surface area contributed by atoms with Crippen molar-refractivity contribution in [1.82, 2.24) is 5.32 Å². The van der Waals surface area contributed by atoms with E-state index >= 15 is 0 Å². The Balaban J connectivity index is 2.13. The Kier molecular flexibility index (Phi) is 6.65. The molecule has 0 atom stereocenters. The van der Waals surface area contributed by atoms with Crippen molar-refractivity contribution in [3.8, 4) is 0 Å². The number of rotatable bonds is 9. The number of hydrogen-bond donors (Lipinski definition) is 1. The predicted octanol–water partition coefficient (Wildman–Crippen LogP) is 4.28. The van der Waals surface area contributed by atoms with Crippen LogP contribution in [-0.2, 0) is 4.74 Å². The van der Waals surface area contributed by atoms with E-state index in [1.165, 1.54) is 51.4 Å². The fourth-order valence-electron chi connectivity index (χ4n) is 2.52. The van der Waals surface area contributed by atoms with Gasteiger partial charge in [-0.15, -0.1) is 0 Å². The van der Waals surface area contributed by atoms with Crippen LogP contribution in [0, 0.1) is 0 Å². The van der Waals surface area contributed by atoms with Gasteiger partial charge in [-0.3, -0.25) is 0 Å². The fraction of sp³-hybridized carbons (Fsp3) is 1.00. The molecule has 0 aromatic carbocycles. The van der Waals surface area contributed by atoms with Gasteiger partial charge in [0.25, 0.3) is 0 Å². The van der Waals surface area contributed by atoms with E-state index in [-0.39, 0.29) is 11.1 Å². The highest BCUT2D eigenvalue weighted by molar-refractivity contribution is 4.91. The lowest BCUT2D eigenvalue weighted by Crippen LogP contribution is -2.45. The molecule has 1 fully saturated rings. The third-order valence-electron chi connectivity index (χ3n) is 3.91. The van der Waals surface area contributed by atoms with Crippen molar-refractivity contribution >= 4 is 0 Å². The lowest BCUT2D eigenvalue weighted by Gasteiger charge is -2.42. The Morgan fingerprint density at radius 2 is 1.83 bits per heavy atom. The standard InChI is InChI=1S/C16H33NO/c1-5-6-7-8-14-18-16(10-9-11-16)12-13-17-15(2,3)4/h17H,5-14H2,1-4H3. The number of nitrogens with one attached hydrogen (secondary N) is 1. The third-order valence-corrected chi connectivity index (χ3v) is 3.91. The maximum absolute atomic E-state index is 6.19. The van der Waals surface area contributed by atoms with Gasteiger partial charge in [-0.1, -0.05) is 26.2 Å².